The summed E-state index contributed by atoms with van der Waals surface area (Å²) in [5, 5.41) is 7.89. The third kappa shape index (κ3) is 4.73. The maximum absolute atomic E-state index is 2.62. The average Bonchev–Trinajstić information content (AvgIpc) is 3.68. The maximum atomic E-state index is 2.62. The molecular formula is C51H47N3. The van der Waals surface area contributed by atoms with E-state index in [9.17, 15) is 0 Å². The number of piperidine rings is 2. The molecule has 3 heteroatoms. The van der Waals surface area contributed by atoms with E-state index in [2.05, 4.69) is 156 Å². The molecule has 0 amide bonds. The Morgan fingerprint density at radius 3 is 1.65 bits per heavy atom. The number of aromatic nitrogens is 1. The van der Waals surface area contributed by atoms with Crippen molar-refractivity contribution >= 4 is 54.7 Å². The minimum atomic E-state index is -0.0726. The molecule has 3 nitrogen and oxygen atoms in total. The van der Waals surface area contributed by atoms with E-state index in [1.54, 1.807) is 0 Å². The van der Waals surface area contributed by atoms with Crippen LogP contribution in [0.5, 0.6) is 0 Å². The SMILES string of the molecule is CC1(C)c2ccccc2-c2ccc(-c3c4cc(N5CCCCC5)ccc4c(-n4c5ccccc5c5ccccc54)c4cc(N5CCCCC5)ccc34)cc21. The van der Waals surface area contributed by atoms with Crippen LogP contribution in [0, 0.1) is 0 Å². The van der Waals surface area contributed by atoms with Crippen LogP contribution in [-0.2, 0) is 5.41 Å². The van der Waals surface area contributed by atoms with Gasteiger partial charge in [-0.15, -0.1) is 0 Å². The van der Waals surface area contributed by atoms with Gasteiger partial charge in [-0.2, -0.15) is 0 Å². The fourth-order valence-corrected chi connectivity index (χ4v) is 10.5. The van der Waals surface area contributed by atoms with E-state index < -0.39 is 0 Å². The first-order valence-corrected chi connectivity index (χ1v) is 20.3. The van der Waals surface area contributed by atoms with Gasteiger partial charge in [0, 0.05) is 64.5 Å². The zero-order chi connectivity index (χ0) is 36.0. The summed E-state index contributed by atoms with van der Waals surface area (Å²) in [6.07, 6.45) is 7.68. The van der Waals surface area contributed by atoms with Gasteiger partial charge in [-0.05, 0) is 125 Å². The normalized spacial score (nSPS) is 16.8. The van der Waals surface area contributed by atoms with Crippen molar-refractivity contribution in [2.24, 2.45) is 0 Å². The molecule has 0 N–H and O–H groups in total. The van der Waals surface area contributed by atoms with E-state index in [1.807, 2.05) is 0 Å². The number of hydrogen-bond donors (Lipinski definition) is 0. The molecule has 0 unspecified atom stereocenters. The fraction of sp³-hybridized carbons (Fsp3) is 0.255. The minimum absolute atomic E-state index is 0.0726. The number of fused-ring (bicyclic) bond motifs is 8. The van der Waals surface area contributed by atoms with E-state index >= 15 is 0 Å². The Hall–Kier alpha value is -5.54. The van der Waals surface area contributed by atoms with E-state index in [4.69, 9.17) is 0 Å². The van der Waals surface area contributed by atoms with Crippen LogP contribution in [0.4, 0.5) is 11.4 Å². The largest absolute Gasteiger partial charge is 0.372 e. The molecule has 1 aromatic heterocycles. The van der Waals surface area contributed by atoms with Crippen molar-refractivity contribution < 1.29 is 0 Å². The molecule has 0 saturated carbocycles. The smallest absolute Gasteiger partial charge is 0.0620 e. The zero-order valence-electron chi connectivity index (χ0n) is 31.5. The molecule has 2 aliphatic heterocycles. The Morgan fingerprint density at radius 1 is 0.426 bits per heavy atom. The molecule has 0 radical (unpaired) electrons. The van der Waals surface area contributed by atoms with Crippen molar-refractivity contribution in [2.45, 2.75) is 57.8 Å². The Balaban J connectivity index is 1.27. The van der Waals surface area contributed by atoms with Gasteiger partial charge in [0.25, 0.3) is 0 Å². The van der Waals surface area contributed by atoms with Gasteiger partial charge in [0.1, 0.15) is 0 Å². The van der Waals surface area contributed by atoms with E-state index in [1.165, 1.54) is 132 Å². The predicted molar refractivity (Wildman–Crippen MR) is 231 cm³/mol. The second-order valence-electron chi connectivity index (χ2n) is 16.6. The second-order valence-corrected chi connectivity index (χ2v) is 16.6. The Bertz CT molecular complexity index is 2720. The third-order valence-corrected chi connectivity index (χ3v) is 13.2. The molecule has 8 aromatic rings. The van der Waals surface area contributed by atoms with Crippen LogP contribution < -0.4 is 9.80 Å². The van der Waals surface area contributed by atoms with Crippen molar-refractivity contribution in [1.82, 2.24) is 4.57 Å². The van der Waals surface area contributed by atoms with E-state index in [0.29, 0.717) is 0 Å². The number of rotatable bonds is 4. The highest BCUT2D eigenvalue weighted by Gasteiger charge is 2.35. The molecule has 54 heavy (non-hydrogen) atoms. The maximum Gasteiger partial charge on any atom is 0.0620 e. The number of anilines is 2. The van der Waals surface area contributed by atoms with Gasteiger partial charge in [-0.3, -0.25) is 0 Å². The number of benzene rings is 7. The van der Waals surface area contributed by atoms with Gasteiger partial charge in [0.05, 0.1) is 16.7 Å². The highest BCUT2D eigenvalue weighted by Crippen LogP contribution is 2.52. The topological polar surface area (TPSA) is 11.4 Å². The Morgan fingerprint density at radius 2 is 0.981 bits per heavy atom. The van der Waals surface area contributed by atoms with E-state index in [0.717, 1.165) is 26.2 Å². The molecule has 11 rings (SSSR count). The summed E-state index contributed by atoms with van der Waals surface area (Å²) in [6, 6.07) is 49.2. The summed E-state index contributed by atoms with van der Waals surface area (Å²) in [5.41, 5.74) is 14.7. The lowest BCUT2D eigenvalue weighted by Gasteiger charge is -2.31. The number of hydrogen-bond acceptors (Lipinski definition) is 2. The van der Waals surface area contributed by atoms with Crippen LogP contribution in [0.2, 0.25) is 0 Å². The van der Waals surface area contributed by atoms with Crippen LogP contribution in [0.15, 0.2) is 127 Å². The van der Waals surface area contributed by atoms with Crippen LogP contribution in [0.1, 0.15) is 63.5 Å². The molecule has 2 fully saturated rings. The molecule has 266 valence electrons. The molecule has 0 spiro atoms. The molecule has 3 heterocycles. The lowest BCUT2D eigenvalue weighted by molar-refractivity contribution is 0.578. The van der Waals surface area contributed by atoms with Crippen molar-refractivity contribution in [3.8, 4) is 27.9 Å². The predicted octanol–water partition coefficient (Wildman–Crippen LogP) is 13.0. The van der Waals surface area contributed by atoms with E-state index in [-0.39, 0.29) is 5.41 Å². The van der Waals surface area contributed by atoms with Crippen molar-refractivity contribution in [1.29, 1.82) is 0 Å². The lowest BCUT2D eigenvalue weighted by atomic mass is 9.81. The summed E-state index contributed by atoms with van der Waals surface area (Å²) in [4.78, 5) is 5.25. The Kier molecular flexibility index (Phi) is 7.24. The van der Waals surface area contributed by atoms with Crippen molar-refractivity contribution in [2.75, 3.05) is 36.0 Å². The van der Waals surface area contributed by atoms with Crippen LogP contribution >= 0.6 is 0 Å². The molecule has 1 aliphatic carbocycles. The van der Waals surface area contributed by atoms with Crippen LogP contribution in [-0.4, -0.2) is 30.7 Å². The first kappa shape index (κ1) is 31.9. The number of para-hydroxylation sites is 2. The summed E-state index contributed by atoms with van der Waals surface area (Å²) >= 11 is 0. The first-order valence-electron chi connectivity index (χ1n) is 20.3. The highest BCUT2D eigenvalue weighted by atomic mass is 15.1. The van der Waals surface area contributed by atoms with Gasteiger partial charge >= 0.3 is 0 Å². The second kappa shape index (κ2) is 12.2. The van der Waals surface area contributed by atoms with Gasteiger partial charge in [0.2, 0.25) is 0 Å². The zero-order valence-corrected chi connectivity index (χ0v) is 31.5. The highest BCUT2D eigenvalue weighted by molar-refractivity contribution is 6.22. The Labute approximate surface area is 318 Å². The lowest BCUT2D eigenvalue weighted by Crippen LogP contribution is -2.29. The average molecular weight is 702 g/mol. The van der Waals surface area contributed by atoms with Crippen molar-refractivity contribution in [3.05, 3.63) is 139 Å². The van der Waals surface area contributed by atoms with Crippen molar-refractivity contribution in [3.63, 3.8) is 0 Å². The monoisotopic (exact) mass is 701 g/mol. The quantitative estimate of drug-likeness (QED) is 0.169. The molecule has 3 aliphatic rings. The van der Waals surface area contributed by atoms with Crippen LogP contribution in [0.25, 0.3) is 71.3 Å². The fourth-order valence-electron chi connectivity index (χ4n) is 10.5. The molecular weight excluding hydrogens is 655 g/mol. The molecule has 0 atom stereocenters. The summed E-state index contributed by atoms with van der Waals surface area (Å²) in [5.74, 6) is 0. The van der Waals surface area contributed by atoms with Gasteiger partial charge in [-0.1, -0.05) is 98.8 Å². The van der Waals surface area contributed by atoms with Gasteiger partial charge in [0.15, 0.2) is 0 Å². The van der Waals surface area contributed by atoms with Crippen LogP contribution in [0.3, 0.4) is 0 Å². The molecule has 2 saturated heterocycles. The van der Waals surface area contributed by atoms with Gasteiger partial charge < -0.3 is 14.4 Å². The molecule has 0 bridgehead atoms. The third-order valence-electron chi connectivity index (χ3n) is 13.2. The number of nitrogens with zero attached hydrogens (tertiary/aromatic N) is 3. The standard InChI is InChI=1S/C51H47N3/c1-51(2)45-18-8-5-15-37(45)38-24-21-34(31-46(38)51)49-41-25-22-36(53-29-13-4-14-30-53)33-44(41)50(42-26-23-35(32-43(42)49)52-27-11-3-12-28-52)54-47-19-9-6-16-39(47)40-17-7-10-20-48(40)54/h5-10,15-26,31-33H,3-4,11-14,27-30H2,1-2H3. The summed E-state index contributed by atoms with van der Waals surface area (Å²) in [6.45, 7) is 9.30. The van der Waals surface area contributed by atoms with Gasteiger partial charge in [-0.25, -0.2) is 0 Å². The minimum Gasteiger partial charge on any atom is -0.372 e. The summed E-state index contributed by atoms with van der Waals surface area (Å²) in [7, 11) is 0. The first-order chi connectivity index (χ1) is 26.6. The summed E-state index contributed by atoms with van der Waals surface area (Å²) < 4.78 is 2.59. The molecule has 7 aromatic carbocycles.